The van der Waals surface area contributed by atoms with Crippen LogP contribution in [0, 0.1) is 6.92 Å². The molecule has 21 heavy (non-hydrogen) atoms. The number of nitrogens with one attached hydrogen (secondary N) is 3. The van der Waals surface area contributed by atoms with Crippen molar-refractivity contribution in [2.24, 2.45) is 10.7 Å². The quantitative estimate of drug-likeness (QED) is 0.320. The average Bonchev–Trinajstić information content (AvgIpc) is 2.89. The normalized spacial score (nSPS) is 11.5. The van der Waals surface area contributed by atoms with E-state index >= 15 is 0 Å². The van der Waals surface area contributed by atoms with E-state index in [4.69, 9.17) is 5.73 Å². The third-order valence-corrected chi connectivity index (χ3v) is 3.24. The Bertz CT molecular complexity index is 374. The number of aromatic nitrogens is 2. The summed E-state index contributed by atoms with van der Waals surface area (Å²) in [6.45, 7) is 7.86. The van der Waals surface area contributed by atoms with Crippen LogP contribution in [0.25, 0.3) is 0 Å². The predicted molar refractivity (Wildman–Crippen MR) is 89.0 cm³/mol. The largest absolute Gasteiger partial charge is 0.348 e. The standard InChI is InChI=1S/C15H30N6/c1-14-15(21-13-20-14)12-19-11-5-10-18-8-3-2-7-17-9-4-6-16/h12-13,17-18H,2-11,16H2,1H3,(H,20,21). The third-order valence-electron chi connectivity index (χ3n) is 3.24. The Morgan fingerprint density at radius 2 is 1.81 bits per heavy atom. The van der Waals surface area contributed by atoms with Crippen molar-refractivity contribution in [3.63, 3.8) is 0 Å². The molecule has 0 aromatic carbocycles. The molecule has 0 radical (unpaired) electrons. The van der Waals surface area contributed by atoms with Gasteiger partial charge in [0, 0.05) is 18.5 Å². The Balaban J connectivity index is 1.83. The molecule has 0 spiro atoms. The van der Waals surface area contributed by atoms with Crippen molar-refractivity contribution >= 4 is 6.21 Å². The molecule has 5 N–H and O–H groups in total. The van der Waals surface area contributed by atoms with Crippen molar-refractivity contribution in [2.75, 3.05) is 39.3 Å². The SMILES string of the molecule is Cc1[nH]cnc1C=NCCCNCCCCNCCCN. The molecule has 0 aliphatic heterocycles. The summed E-state index contributed by atoms with van der Waals surface area (Å²) in [5.41, 5.74) is 7.43. The van der Waals surface area contributed by atoms with Gasteiger partial charge in [0.25, 0.3) is 0 Å². The zero-order chi connectivity index (χ0) is 15.2. The van der Waals surface area contributed by atoms with Crippen LogP contribution in [0.15, 0.2) is 11.3 Å². The monoisotopic (exact) mass is 294 g/mol. The number of aromatic amines is 1. The van der Waals surface area contributed by atoms with Crippen molar-refractivity contribution in [1.29, 1.82) is 0 Å². The molecule has 1 aromatic rings. The van der Waals surface area contributed by atoms with Gasteiger partial charge in [-0.05, 0) is 65.3 Å². The van der Waals surface area contributed by atoms with E-state index in [0.717, 1.165) is 63.5 Å². The molecule has 6 heteroatoms. The van der Waals surface area contributed by atoms with E-state index in [2.05, 4.69) is 25.6 Å². The summed E-state index contributed by atoms with van der Waals surface area (Å²) in [4.78, 5) is 11.6. The van der Waals surface area contributed by atoms with Crippen LogP contribution in [0.1, 0.15) is 37.1 Å². The first-order valence-electron chi connectivity index (χ1n) is 7.96. The van der Waals surface area contributed by atoms with Crippen LogP contribution >= 0.6 is 0 Å². The fourth-order valence-corrected chi connectivity index (χ4v) is 1.92. The number of rotatable bonds is 13. The van der Waals surface area contributed by atoms with Crippen LogP contribution in [0.5, 0.6) is 0 Å². The molecule has 1 aromatic heterocycles. The van der Waals surface area contributed by atoms with Crippen LogP contribution in [-0.4, -0.2) is 55.5 Å². The molecule has 0 fully saturated rings. The zero-order valence-corrected chi connectivity index (χ0v) is 13.2. The second-order valence-electron chi connectivity index (χ2n) is 5.15. The topological polar surface area (TPSA) is 91.1 Å². The molecule has 0 saturated heterocycles. The summed E-state index contributed by atoms with van der Waals surface area (Å²) in [7, 11) is 0. The highest BCUT2D eigenvalue weighted by Gasteiger charge is 1.95. The molecule has 0 amide bonds. The van der Waals surface area contributed by atoms with Crippen LogP contribution in [0.3, 0.4) is 0 Å². The van der Waals surface area contributed by atoms with E-state index < -0.39 is 0 Å². The van der Waals surface area contributed by atoms with Gasteiger partial charge in [0.1, 0.15) is 5.69 Å². The number of unbranched alkanes of at least 4 members (excludes halogenated alkanes) is 1. The second-order valence-corrected chi connectivity index (χ2v) is 5.15. The minimum absolute atomic E-state index is 0.775. The molecule has 1 heterocycles. The minimum atomic E-state index is 0.775. The predicted octanol–water partition coefficient (Wildman–Crippen LogP) is 0.835. The highest BCUT2D eigenvalue weighted by Crippen LogP contribution is 1.96. The van der Waals surface area contributed by atoms with Crippen molar-refractivity contribution in [1.82, 2.24) is 20.6 Å². The third kappa shape index (κ3) is 9.33. The summed E-state index contributed by atoms with van der Waals surface area (Å²) >= 11 is 0. The van der Waals surface area contributed by atoms with E-state index in [9.17, 15) is 0 Å². The fourth-order valence-electron chi connectivity index (χ4n) is 1.92. The van der Waals surface area contributed by atoms with E-state index in [-0.39, 0.29) is 0 Å². The minimum Gasteiger partial charge on any atom is -0.348 e. The lowest BCUT2D eigenvalue weighted by Gasteiger charge is -2.05. The molecular weight excluding hydrogens is 264 g/mol. The molecule has 0 unspecified atom stereocenters. The molecule has 120 valence electrons. The zero-order valence-electron chi connectivity index (χ0n) is 13.2. The van der Waals surface area contributed by atoms with Crippen LogP contribution in [0.2, 0.25) is 0 Å². The summed E-state index contributed by atoms with van der Waals surface area (Å²) in [5, 5.41) is 6.84. The van der Waals surface area contributed by atoms with Crippen molar-refractivity contribution < 1.29 is 0 Å². The van der Waals surface area contributed by atoms with Crippen molar-refractivity contribution in [2.45, 2.75) is 32.6 Å². The average molecular weight is 294 g/mol. The lowest BCUT2D eigenvalue weighted by atomic mass is 10.3. The maximum atomic E-state index is 5.43. The van der Waals surface area contributed by atoms with Gasteiger partial charge in [0.15, 0.2) is 0 Å². The van der Waals surface area contributed by atoms with E-state index in [1.807, 2.05) is 13.1 Å². The second kappa shape index (κ2) is 12.5. The summed E-state index contributed by atoms with van der Waals surface area (Å²) in [6, 6.07) is 0. The van der Waals surface area contributed by atoms with Crippen LogP contribution < -0.4 is 16.4 Å². The van der Waals surface area contributed by atoms with Crippen molar-refractivity contribution in [3.05, 3.63) is 17.7 Å². The number of imidazole rings is 1. The van der Waals surface area contributed by atoms with E-state index in [1.165, 1.54) is 12.8 Å². The first-order chi connectivity index (χ1) is 10.3. The Morgan fingerprint density at radius 3 is 2.43 bits per heavy atom. The van der Waals surface area contributed by atoms with Gasteiger partial charge in [-0.15, -0.1) is 0 Å². The van der Waals surface area contributed by atoms with Crippen molar-refractivity contribution in [3.8, 4) is 0 Å². The van der Waals surface area contributed by atoms with E-state index in [1.54, 1.807) is 6.33 Å². The summed E-state index contributed by atoms with van der Waals surface area (Å²) in [6.07, 6.45) is 8.10. The fraction of sp³-hybridized carbons (Fsp3) is 0.733. The number of aryl methyl sites for hydroxylation is 1. The van der Waals surface area contributed by atoms with Gasteiger partial charge in [0.2, 0.25) is 0 Å². The van der Waals surface area contributed by atoms with Gasteiger partial charge in [-0.3, -0.25) is 4.99 Å². The molecule has 0 aliphatic carbocycles. The Kier molecular flexibility index (Phi) is 10.6. The number of nitrogens with two attached hydrogens (primary N) is 1. The number of hydrogen-bond acceptors (Lipinski definition) is 5. The molecule has 1 rings (SSSR count). The Hall–Kier alpha value is -1.24. The van der Waals surface area contributed by atoms with Crippen LogP contribution in [-0.2, 0) is 0 Å². The molecule has 0 aliphatic rings. The maximum Gasteiger partial charge on any atom is 0.101 e. The van der Waals surface area contributed by atoms with Gasteiger partial charge in [-0.2, -0.15) is 0 Å². The Labute approximate surface area is 128 Å². The smallest absolute Gasteiger partial charge is 0.101 e. The molecule has 0 bridgehead atoms. The molecule has 0 atom stereocenters. The lowest BCUT2D eigenvalue weighted by molar-refractivity contribution is 0.570. The number of hydrogen-bond donors (Lipinski definition) is 4. The van der Waals surface area contributed by atoms with Gasteiger partial charge >= 0.3 is 0 Å². The number of H-pyrrole nitrogens is 1. The highest BCUT2D eigenvalue weighted by molar-refractivity contribution is 5.78. The van der Waals surface area contributed by atoms with Gasteiger partial charge in [0.05, 0.1) is 6.33 Å². The molecule has 6 nitrogen and oxygen atoms in total. The Morgan fingerprint density at radius 1 is 1.14 bits per heavy atom. The molecular formula is C15H30N6. The van der Waals surface area contributed by atoms with Crippen LogP contribution in [0.4, 0.5) is 0 Å². The summed E-state index contributed by atoms with van der Waals surface area (Å²) in [5.74, 6) is 0. The molecule has 0 saturated carbocycles. The van der Waals surface area contributed by atoms with Gasteiger partial charge < -0.3 is 21.4 Å². The number of nitrogens with zero attached hydrogens (tertiary/aromatic N) is 2. The van der Waals surface area contributed by atoms with Gasteiger partial charge in [-0.1, -0.05) is 0 Å². The summed E-state index contributed by atoms with van der Waals surface area (Å²) < 4.78 is 0. The lowest BCUT2D eigenvalue weighted by Crippen LogP contribution is -2.21. The first kappa shape index (κ1) is 17.8. The maximum absolute atomic E-state index is 5.43. The first-order valence-corrected chi connectivity index (χ1v) is 7.96. The highest BCUT2D eigenvalue weighted by atomic mass is 14.9. The van der Waals surface area contributed by atoms with E-state index in [0.29, 0.717) is 0 Å². The van der Waals surface area contributed by atoms with Gasteiger partial charge in [-0.25, -0.2) is 4.98 Å². The number of aliphatic imine (C=N–C) groups is 1.